The maximum Gasteiger partial charge on any atom is 0.253 e. The van der Waals surface area contributed by atoms with Crippen molar-refractivity contribution >= 4 is 44.5 Å². The molecule has 4 heterocycles. The van der Waals surface area contributed by atoms with E-state index in [9.17, 15) is 13.2 Å². The van der Waals surface area contributed by atoms with Crippen LogP contribution < -0.4 is 15.6 Å². The highest BCUT2D eigenvalue weighted by Crippen LogP contribution is 2.33. The van der Waals surface area contributed by atoms with Crippen LogP contribution in [0.1, 0.15) is 22.5 Å². The zero-order valence-corrected chi connectivity index (χ0v) is 21.8. The fraction of sp³-hybridized carbons (Fsp3) is 0.269. The Bertz CT molecular complexity index is 1640. The molecule has 0 spiro atoms. The number of hydrogen-bond acceptors (Lipinski definition) is 8. The third kappa shape index (κ3) is 4.75. The van der Waals surface area contributed by atoms with Crippen LogP contribution in [-0.4, -0.2) is 53.7 Å². The highest BCUT2D eigenvalue weighted by atomic mass is 32.2. The fourth-order valence-corrected chi connectivity index (χ4v) is 7.70. The normalized spacial score (nSPS) is 21.4. The second-order valence-electron chi connectivity index (χ2n) is 9.33. The Morgan fingerprint density at radius 3 is 2.70 bits per heavy atom. The predicted molar refractivity (Wildman–Crippen MR) is 146 cm³/mol. The number of nitrogens with zero attached hydrogens (tertiary/aromatic N) is 4. The summed E-state index contributed by atoms with van der Waals surface area (Å²) in [5.41, 5.74) is 2.78. The molecule has 1 saturated heterocycles. The minimum absolute atomic E-state index is 0.234. The van der Waals surface area contributed by atoms with Gasteiger partial charge in [0.05, 0.1) is 4.90 Å². The molecule has 9 nitrogen and oxygen atoms in total. The average molecular weight is 535 g/mol. The van der Waals surface area contributed by atoms with Crippen molar-refractivity contribution < 1.29 is 8.42 Å². The Morgan fingerprint density at radius 1 is 1.08 bits per heavy atom. The molecular formula is C26H26N6O3S2. The smallest absolute Gasteiger partial charge is 0.253 e. The van der Waals surface area contributed by atoms with Crippen molar-refractivity contribution in [1.29, 1.82) is 0 Å². The molecule has 4 aromatic rings. The van der Waals surface area contributed by atoms with Crippen molar-refractivity contribution in [2.24, 2.45) is 0 Å². The summed E-state index contributed by atoms with van der Waals surface area (Å²) in [6.45, 7) is 2.14. The van der Waals surface area contributed by atoms with Gasteiger partial charge in [0, 0.05) is 53.8 Å². The SMILES string of the molecule is CN1CCSC(c2ccc(Nc3ncc4ccc(=O)n(C5Cc6ccccc6S(=O)(=O)N5)c4n3)cc2)C1. The van der Waals surface area contributed by atoms with Crippen molar-refractivity contribution in [2.75, 3.05) is 31.2 Å². The van der Waals surface area contributed by atoms with Crippen molar-refractivity contribution in [2.45, 2.75) is 22.7 Å². The summed E-state index contributed by atoms with van der Waals surface area (Å²) in [5, 5.41) is 4.31. The van der Waals surface area contributed by atoms with Gasteiger partial charge in [0.1, 0.15) is 11.8 Å². The highest BCUT2D eigenvalue weighted by molar-refractivity contribution is 7.99. The first-order valence-corrected chi connectivity index (χ1v) is 14.6. The molecule has 2 aromatic carbocycles. The number of nitrogens with one attached hydrogen (secondary N) is 2. The van der Waals surface area contributed by atoms with E-state index in [0.717, 1.165) is 24.5 Å². The van der Waals surface area contributed by atoms with Crippen molar-refractivity contribution in [3.63, 3.8) is 0 Å². The lowest BCUT2D eigenvalue weighted by molar-refractivity contribution is 0.347. The summed E-state index contributed by atoms with van der Waals surface area (Å²) < 4.78 is 29.8. The van der Waals surface area contributed by atoms with E-state index in [1.807, 2.05) is 23.9 Å². The number of rotatable bonds is 4. The number of likely N-dealkylation sites (N-methyl/N-ethyl adjacent to an activating group) is 1. The first kappa shape index (κ1) is 24.1. The van der Waals surface area contributed by atoms with Crippen molar-refractivity contribution in [3.05, 3.63) is 88.3 Å². The molecule has 2 atom stereocenters. The molecule has 2 aliphatic rings. The highest BCUT2D eigenvalue weighted by Gasteiger charge is 2.31. The number of anilines is 2. The summed E-state index contributed by atoms with van der Waals surface area (Å²) in [7, 11) is -1.62. The molecule has 2 aliphatic heterocycles. The molecule has 0 amide bonds. The summed E-state index contributed by atoms with van der Waals surface area (Å²) >= 11 is 1.98. The number of pyridine rings is 1. The molecular weight excluding hydrogens is 508 g/mol. The molecule has 0 bridgehead atoms. The summed E-state index contributed by atoms with van der Waals surface area (Å²) in [6, 6.07) is 18.1. The molecule has 6 rings (SSSR count). The maximum absolute atomic E-state index is 13.0. The molecule has 0 aliphatic carbocycles. The fourth-order valence-electron chi connectivity index (χ4n) is 4.86. The minimum atomic E-state index is -3.77. The van der Waals surface area contributed by atoms with Crippen LogP contribution >= 0.6 is 11.8 Å². The summed E-state index contributed by atoms with van der Waals surface area (Å²) in [6.07, 6.45) is 1.16. The molecule has 0 saturated carbocycles. The van der Waals surface area contributed by atoms with Gasteiger partial charge in [0.2, 0.25) is 16.0 Å². The lowest BCUT2D eigenvalue weighted by Gasteiger charge is -2.29. The molecule has 37 heavy (non-hydrogen) atoms. The van der Waals surface area contributed by atoms with Crippen molar-refractivity contribution in [3.8, 4) is 0 Å². The van der Waals surface area contributed by atoms with Gasteiger partial charge in [0.25, 0.3) is 5.56 Å². The molecule has 11 heteroatoms. The number of thioether (sulfide) groups is 1. The number of benzene rings is 2. The predicted octanol–water partition coefficient (Wildman–Crippen LogP) is 3.29. The van der Waals surface area contributed by atoms with Gasteiger partial charge in [-0.05, 0) is 42.4 Å². The van der Waals surface area contributed by atoms with Gasteiger partial charge in [-0.3, -0.25) is 9.36 Å². The minimum Gasteiger partial charge on any atom is -0.324 e. The van der Waals surface area contributed by atoms with Crippen LogP contribution in [0.2, 0.25) is 0 Å². The van der Waals surface area contributed by atoms with Crippen LogP contribution in [-0.2, 0) is 16.4 Å². The quantitative estimate of drug-likeness (QED) is 0.411. The lowest BCUT2D eigenvalue weighted by atomic mass is 10.1. The zero-order chi connectivity index (χ0) is 25.6. The monoisotopic (exact) mass is 534 g/mol. The van der Waals surface area contributed by atoms with E-state index in [1.54, 1.807) is 36.5 Å². The van der Waals surface area contributed by atoms with Crippen LogP contribution in [0.15, 0.2) is 76.6 Å². The number of hydrogen-bond donors (Lipinski definition) is 2. The molecule has 2 aromatic heterocycles. The summed E-state index contributed by atoms with van der Waals surface area (Å²) in [4.78, 5) is 24.6. The van der Waals surface area contributed by atoms with Crippen LogP contribution in [0.4, 0.5) is 11.6 Å². The Balaban J connectivity index is 1.31. The Hall–Kier alpha value is -3.25. The topological polar surface area (TPSA) is 109 Å². The largest absolute Gasteiger partial charge is 0.324 e. The van der Waals surface area contributed by atoms with Gasteiger partial charge in [-0.1, -0.05) is 30.3 Å². The van der Waals surface area contributed by atoms with E-state index < -0.39 is 16.2 Å². The van der Waals surface area contributed by atoms with Crippen LogP contribution in [0, 0.1) is 0 Å². The molecule has 1 fully saturated rings. The second kappa shape index (κ2) is 9.56. The first-order valence-electron chi connectivity index (χ1n) is 12.0. The Labute approximate surface area is 219 Å². The van der Waals surface area contributed by atoms with Gasteiger partial charge >= 0.3 is 0 Å². The lowest BCUT2D eigenvalue weighted by Crippen LogP contribution is -2.42. The van der Waals surface area contributed by atoms with E-state index in [0.29, 0.717) is 34.2 Å². The molecule has 2 N–H and O–H groups in total. The van der Waals surface area contributed by atoms with Crippen LogP contribution in [0.3, 0.4) is 0 Å². The molecule has 2 unspecified atom stereocenters. The van der Waals surface area contributed by atoms with Gasteiger partial charge in [-0.2, -0.15) is 21.5 Å². The van der Waals surface area contributed by atoms with E-state index in [-0.39, 0.29) is 10.5 Å². The average Bonchev–Trinajstić information content (AvgIpc) is 2.88. The first-order chi connectivity index (χ1) is 17.9. The van der Waals surface area contributed by atoms with Gasteiger partial charge in [-0.15, -0.1) is 0 Å². The van der Waals surface area contributed by atoms with E-state index in [2.05, 4.69) is 44.1 Å². The van der Waals surface area contributed by atoms with Gasteiger partial charge < -0.3 is 10.2 Å². The third-order valence-electron chi connectivity index (χ3n) is 6.75. The van der Waals surface area contributed by atoms with E-state index >= 15 is 0 Å². The standard InChI is InChI=1S/C26H26N6O3S2/c1-31-12-13-36-21(16-31)17-6-9-20(10-7-17)28-26-27-15-19-8-11-24(33)32(25(19)29-26)23-14-18-4-2-3-5-22(18)37(34,35)30-23/h2-11,15,21,23,30H,12-14,16H2,1H3,(H,27,28,29). The van der Waals surface area contributed by atoms with E-state index in [4.69, 9.17) is 0 Å². The van der Waals surface area contributed by atoms with Crippen LogP contribution in [0.5, 0.6) is 0 Å². The second-order valence-corrected chi connectivity index (χ2v) is 12.3. The van der Waals surface area contributed by atoms with E-state index in [1.165, 1.54) is 16.2 Å². The molecule has 190 valence electrons. The maximum atomic E-state index is 13.0. The number of fused-ring (bicyclic) bond motifs is 2. The zero-order valence-electron chi connectivity index (χ0n) is 20.2. The van der Waals surface area contributed by atoms with Gasteiger partial charge in [-0.25, -0.2) is 13.4 Å². The summed E-state index contributed by atoms with van der Waals surface area (Å²) in [5.74, 6) is 1.45. The third-order valence-corrected chi connectivity index (χ3v) is 9.55. The number of sulfonamides is 1. The van der Waals surface area contributed by atoms with Crippen molar-refractivity contribution in [1.82, 2.24) is 24.2 Å². The Morgan fingerprint density at radius 2 is 1.89 bits per heavy atom. The Kier molecular flexibility index (Phi) is 6.23. The number of aromatic nitrogens is 3. The van der Waals surface area contributed by atoms with Gasteiger partial charge in [0.15, 0.2) is 0 Å². The molecule has 0 radical (unpaired) electrons. The van der Waals surface area contributed by atoms with Crippen LogP contribution in [0.25, 0.3) is 11.0 Å².